The van der Waals surface area contributed by atoms with Gasteiger partial charge in [0.1, 0.15) is 11.3 Å². The van der Waals surface area contributed by atoms with Crippen molar-refractivity contribution >= 4 is 32.6 Å². The maximum atomic E-state index is 12.5. The van der Waals surface area contributed by atoms with Crippen molar-refractivity contribution in [2.45, 2.75) is 0 Å². The minimum atomic E-state index is -0.375. The first-order chi connectivity index (χ1) is 13.1. The third-order valence-electron chi connectivity index (χ3n) is 3.81. The first-order valence-corrected chi connectivity index (χ1v) is 8.72. The fourth-order valence-electron chi connectivity index (χ4n) is 2.54. The molecule has 0 radical (unpaired) electrons. The number of amides is 1. The van der Waals surface area contributed by atoms with Gasteiger partial charge in [-0.2, -0.15) is 0 Å². The highest BCUT2D eigenvalue weighted by Crippen LogP contribution is 2.38. The van der Waals surface area contributed by atoms with Crippen molar-refractivity contribution < 1.29 is 23.7 Å². The summed E-state index contributed by atoms with van der Waals surface area (Å²) in [6.07, 6.45) is 0. The van der Waals surface area contributed by atoms with E-state index in [-0.39, 0.29) is 5.91 Å². The third kappa shape index (κ3) is 3.68. The van der Waals surface area contributed by atoms with E-state index in [1.807, 2.05) is 18.2 Å². The predicted octanol–water partition coefficient (Wildman–Crippen LogP) is 3.09. The zero-order valence-electron chi connectivity index (χ0n) is 15.3. The Morgan fingerprint density at radius 3 is 2.22 bits per heavy atom. The van der Waals surface area contributed by atoms with Gasteiger partial charge in [0.15, 0.2) is 11.5 Å². The van der Waals surface area contributed by atoms with Crippen molar-refractivity contribution in [3.8, 4) is 23.0 Å². The van der Waals surface area contributed by atoms with Gasteiger partial charge in [-0.05, 0) is 24.3 Å². The zero-order chi connectivity index (χ0) is 19.4. The normalized spacial score (nSPS) is 10.4. The number of ether oxygens (including phenoxy) is 4. The number of thiazole rings is 1. The molecule has 1 heterocycles. The Labute approximate surface area is 160 Å². The summed E-state index contributed by atoms with van der Waals surface area (Å²) in [6, 6.07) is 8.79. The average molecular weight is 389 g/mol. The number of anilines is 1. The van der Waals surface area contributed by atoms with E-state index in [0.717, 1.165) is 10.2 Å². The number of para-hydroxylation sites is 1. The fraction of sp³-hybridized carbons (Fsp3) is 0.222. The molecule has 0 atom stereocenters. The highest BCUT2D eigenvalue weighted by Gasteiger charge is 2.17. The monoisotopic (exact) mass is 389 g/mol. The molecular formula is C18H19N3O5S. The van der Waals surface area contributed by atoms with Gasteiger partial charge >= 0.3 is 0 Å². The zero-order valence-corrected chi connectivity index (χ0v) is 16.1. The average Bonchev–Trinajstić information content (AvgIpc) is 3.13. The van der Waals surface area contributed by atoms with Crippen LogP contribution in [0.15, 0.2) is 30.3 Å². The van der Waals surface area contributed by atoms with Crippen LogP contribution in [0.5, 0.6) is 23.0 Å². The molecule has 0 aliphatic rings. The molecule has 9 heteroatoms. The molecular weight excluding hydrogens is 370 g/mol. The molecule has 0 saturated heterocycles. The van der Waals surface area contributed by atoms with Gasteiger partial charge in [-0.25, -0.2) is 4.98 Å². The van der Waals surface area contributed by atoms with Crippen LogP contribution in [0.1, 0.15) is 10.4 Å². The summed E-state index contributed by atoms with van der Waals surface area (Å²) in [4.78, 5) is 17.0. The van der Waals surface area contributed by atoms with Gasteiger partial charge in [0.25, 0.3) is 5.91 Å². The second-order valence-corrected chi connectivity index (χ2v) is 6.35. The molecule has 8 nitrogen and oxygen atoms in total. The largest absolute Gasteiger partial charge is 0.494 e. The van der Waals surface area contributed by atoms with Crippen LogP contribution in [-0.4, -0.2) is 39.3 Å². The molecule has 27 heavy (non-hydrogen) atoms. The standard InChI is InChI=1S/C18H19N3O5S/c1-23-11-6-5-7-14-15(11)19-18(27-14)21-20-17(22)10-8-12(24-2)16(26-4)13(9-10)25-3/h5-9H,1-4H3,(H,19,21)(H,20,22). The minimum Gasteiger partial charge on any atom is -0.494 e. The van der Waals surface area contributed by atoms with E-state index >= 15 is 0 Å². The lowest BCUT2D eigenvalue weighted by atomic mass is 10.1. The molecule has 2 N–H and O–H groups in total. The van der Waals surface area contributed by atoms with E-state index in [4.69, 9.17) is 18.9 Å². The molecule has 1 aromatic heterocycles. The van der Waals surface area contributed by atoms with Gasteiger partial charge < -0.3 is 18.9 Å². The van der Waals surface area contributed by atoms with E-state index in [2.05, 4.69) is 15.8 Å². The van der Waals surface area contributed by atoms with E-state index in [1.54, 1.807) is 19.2 Å². The summed E-state index contributed by atoms with van der Waals surface area (Å²) >= 11 is 1.40. The van der Waals surface area contributed by atoms with E-state index in [1.165, 1.54) is 32.7 Å². The van der Waals surface area contributed by atoms with Crippen LogP contribution in [0, 0.1) is 0 Å². The second-order valence-electron chi connectivity index (χ2n) is 5.32. The summed E-state index contributed by atoms with van der Waals surface area (Å²) in [5.74, 6) is 1.51. The maximum Gasteiger partial charge on any atom is 0.269 e. The van der Waals surface area contributed by atoms with Gasteiger partial charge in [-0.15, -0.1) is 0 Å². The number of hydrogen-bond acceptors (Lipinski definition) is 8. The number of rotatable bonds is 7. The molecule has 0 spiro atoms. The number of carbonyl (C=O) groups excluding carboxylic acids is 1. The summed E-state index contributed by atoms with van der Waals surface area (Å²) in [6.45, 7) is 0. The second kappa shape index (κ2) is 8.00. The Hall–Kier alpha value is -3.20. The highest BCUT2D eigenvalue weighted by atomic mass is 32.1. The lowest BCUT2D eigenvalue weighted by Crippen LogP contribution is -2.29. The number of aromatic nitrogens is 1. The Bertz CT molecular complexity index is 948. The Kier molecular flexibility index (Phi) is 5.51. The SMILES string of the molecule is COc1cc(C(=O)NNc2nc3c(OC)cccc3s2)cc(OC)c1OC. The van der Waals surface area contributed by atoms with Crippen LogP contribution in [0.2, 0.25) is 0 Å². The van der Waals surface area contributed by atoms with Crippen LogP contribution >= 0.6 is 11.3 Å². The number of methoxy groups -OCH3 is 4. The number of hydrogen-bond donors (Lipinski definition) is 2. The lowest BCUT2D eigenvalue weighted by Gasteiger charge is -2.14. The number of nitrogens with zero attached hydrogens (tertiary/aromatic N) is 1. The molecule has 3 rings (SSSR count). The Morgan fingerprint density at radius 1 is 0.963 bits per heavy atom. The molecule has 3 aromatic rings. The molecule has 142 valence electrons. The first-order valence-electron chi connectivity index (χ1n) is 7.91. The van der Waals surface area contributed by atoms with Crippen molar-refractivity contribution in [1.82, 2.24) is 10.4 Å². The molecule has 0 aliphatic carbocycles. The summed E-state index contributed by atoms with van der Waals surface area (Å²) in [5, 5.41) is 0.537. The lowest BCUT2D eigenvalue weighted by molar-refractivity contribution is 0.0962. The summed E-state index contributed by atoms with van der Waals surface area (Å²) in [7, 11) is 6.08. The fourth-order valence-corrected chi connectivity index (χ4v) is 3.37. The topological polar surface area (TPSA) is 90.9 Å². The van der Waals surface area contributed by atoms with E-state index in [9.17, 15) is 4.79 Å². The molecule has 0 saturated carbocycles. The number of carbonyl (C=O) groups is 1. The molecule has 0 aliphatic heterocycles. The molecule has 2 aromatic carbocycles. The van der Waals surface area contributed by atoms with Gasteiger partial charge in [-0.1, -0.05) is 17.4 Å². The van der Waals surface area contributed by atoms with E-state index < -0.39 is 0 Å². The van der Waals surface area contributed by atoms with Gasteiger partial charge in [0, 0.05) is 5.56 Å². The number of nitrogens with one attached hydrogen (secondary N) is 2. The quantitative estimate of drug-likeness (QED) is 0.600. The van der Waals surface area contributed by atoms with Crippen molar-refractivity contribution in [3.63, 3.8) is 0 Å². The van der Waals surface area contributed by atoms with Gasteiger partial charge in [-0.3, -0.25) is 15.6 Å². The van der Waals surface area contributed by atoms with E-state index in [0.29, 0.717) is 33.7 Å². The molecule has 1 amide bonds. The highest BCUT2D eigenvalue weighted by molar-refractivity contribution is 7.22. The molecule has 0 fully saturated rings. The van der Waals surface area contributed by atoms with Crippen LogP contribution in [0.4, 0.5) is 5.13 Å². The van der Waals surface area contributed by atoms with Crippen LogP contribution in [0.3, 0.4) is 0 Å². The molecule has 0 bridgehead atoms. The van der Waals surface area contributed by atoms with Crippen molar-refractivity contribution in [1.29, 1.82) is 0 Å². The van der Waals surface area contributed by atoms with Crippen molar-refractivity contribution in [3.05, 3.63) is 35.9 Å². The summed E-state index contributed by atoms with van der Waals surface area (Å²) < 4.78 is 22.0. The number of benzene rings is 2. The van der Waals surface area contributed by atoms with Gasteiger partial charge in [0.2, 0.25) is 10.9 Å². The Morgan fingerprint density at radius 2 is 1.63 bits per heavy atom. The molecule has 0 unspecified atom stereocenters. The van der Waals surface area contributed by atoms with Crippen LogP contribution in [-0.2, 0) is 0 Å². The Balaban J connectivity index is 1.80. The maximum absolute atomic E-state index is 12.5. The minimum absolute atomic E-state index is 0.343. The number of fused-ring (bicyclic) bond motifs is 1. The number of hydrazine groups is 1. The van der Waals surface area contributed by atoms with Crippen molar-refractivity contribution in [2.24, 2.45) is 0 Å². The van der Waals surface area contributed by atoms with Crippen LogP contribution < -0.4 is 29.8 Å². The predicted molar refractivity (Wildman–Crippen MR) is 103 cm³/mol. The third-order valence-corrected chi connectivity index (χ3v) is 4.75. The van der Waals surface area contributed by atoms with Gasteiger partial charge in [0.05, 0.1) is 33.1 Å². The first kappa shape index (κ1) is 18.6. The van der Waals surface area contributed by atoms with Crippen LogP contribution in [0.25, 0.3) is 10.2 Å². The van der Waals surface area contributed by atoms with Crippen molar-refractivity contribution in [2.75, 3.05) is 33.9 Å². The summed E-state index contributed by atoms with van der Waals surface area (Å²) in [5.41, 5.74) is 6.52. The smallest absolute Gasteiger partial charge is 0.269 e.